The average molecular weight is 1560 g/mol. The molecule has 0 bridgehead atoms. The van der Waals surface area contributed by atoms with Crippen LogP contribution in [0.2, 0.25) is 20.2 Å². The van der Waals surface area contributed by atoms with Crippen molar-refractivity contribution in [3.63, 3.8) is 0 Å². The SMILES string of the molecule is Cc1nc2c(Nc3ccc(Cl)cc3S(C)(=O)=O)cc(Cl)nc2n1C1CCCCO1.[C-]#[N+]c1cccc(Cc2cc(Nc3ccc(Cl)cc3S(C)(=O)=O)c3c(n2)CC(C)=N3)n1.[C-]#[N+]c1cccc(Cc2cc(Nc3ccc(Cl)cc3S(C)(=O)=O)c3nc(C)n(C4CCCCO4)c3n2)n1.[C-]#[N+]c1cccc(N)n1. The number of nitrogens with zero attached hydrogens (tertiary/aromatic N) is 14. The Labute approximate surface area is 632 Å². The number of hydrogen-bond acceptors (Lipinski definition) is 21. The van der Waals surface area contributed by atoms with Crippen molar-refractivity contribution in [1.29, 1.82) is 0 Å². The number of pyridine rings is 6. The number of aryl methyl sites for hydroxylation is 2. The number of aromatic nitrogens is 10. The standard InChI is InChI=1S/C26H25ClN6O3S.C22H18ClN5O2S.C19H20Cl2N4O3S.C6H5N3/c1-16-29-25-21(32-20-11-10-17(27)13-22(20)37(3,34)35)15-19(14-18-7-6-8-23(28-2)30-18)31-26(25)33(16)24-9-4-5-12-36-24;1-13-9-18-22(25-13)19(28-17-8-7-14(23)10-20(17)31(3,29)30)12-16(26-18)11-15-5-4-6-21(24-2)27-15;1-11-22-18-14(23-13-7-6-12(20)9-15(13)29(2,26)27)10-16(21)24-19(18)25(11)17-5-3-4-8-28-17;1-8-6-4-2-3-5(7)9-6/h6-8,10-11,13,15,24H,4-5,9,12,14H2,1,3H3,(H,31,32);4-8,10,12H,9,11H2,1,3H3,(H,26,28);6-7,9-10,17H,3-5,8H2,1-2H3,(H,23,24);2-4H,(H2,7,9). The van der Waals surface area contributed by atoms with E-state index in [2.05, 4.69) is 60.4 Å². The Hall–Kier alpha value is -10.2. The van der Waals surface area contributed by atoms with E-state index >= 15 is 0 Å². The van der Waals surface area contributed by atoms with Crippen LogP contribution in [-0.2, 0) is 58.2 Å². The van der Waals surface area contributed by atoms with Gasteiger partial charge in [-0.1, -0.05) is 84.3 Å². The lowest BCUT2D eigenvalue weighted by atomic mass is 10.1. The molecule has 3 aliphatic heterocycles. The number of nitrogens with one attached hydrogen (secondary N) is 3. The maximum atomic E-state index is 12.5. The quantitative estimate of drug-likeness (QED) is 0.0547. The number of anilines is 7. The zero-order valence-corrected chi connectivity index (χ0v) is 63.4. The number of rotatable bonds is 15. The monoisotopic (exact) mass is 1560 g/mol. The smallest absolute Gasteiger partial charge is 0.271 e. The largest absolute Gasteiger partial charge is 0.364 e. The Bertz CT molecular complexity index is 5750. The number of imidazole rings is 2. The van der Waals surface area contributed by atoms with Gasteiger partial charge in [0.05, 0.1) is 78.7 Å². The molecular formula is C73H68Cl4N18O8S3. The number of nitrogens with two attached hydrogens (primary N) is 1. The zero-order valence-electron chi connectivity index (χ0n) is 57.9. The summed E-state index contributed by atoms with van der Waals surface area (Å²) in [5, 5.41) is 10.9. The summed E-state index contributed by atoms with van der Waals surface area (Å²) in [5.41, 5.74) is 16.0. The number of ether oxygens (including phenoxy) is 2. The minimum atomic E-state index is -3.56. The molecule has 11 aromatic rings. The molecule has 106 heavy (non-hydrogen) atoms. The Kier molecular flexibility index (Phi) is 24.0. The van der Waals surface area contributed by atoms with Gasteiger partial charge in [0.15, 0.2) is 40.8 Å². The molecule has 11 heterocycles. The summed E-state index contributed by atoms with van der Waals surface area (Å²) in [5.74, 6) is 2.88. The van der Waals surface area contributed by atoms with Gasteiger partial charge in [0.2, 0.25) is 5.82 Å². The van der Waals surface area contributed by atoms with E-state index in [1.165, 1.54) is 18.2 Å². The summed E-state index contributed by atoms with van der Waals surface area (Å²) in [6.45, 7) is 28.1. The minimum Gasteiger partial charge on any atom is -0.364 e. The van der Waals surface area contributed by atoms with Gasteiger partial charge < -0.3 is 45.7 Å². The lowest BCUT2D eigenvalue weighted by Gasteiger charge is -2.25. The highest BCUT2D eigenvalue weighted by molar-refractivity contribution is 7.91. The van der Waals surface area contributed by atoms with Gasteiger partial charge in [-0.15, -0.1) is 15.0 Å². The van der Waals surface area contributed by atoms with E-state index < -0.39 is 29.5 Å². The van der Waals surface area contributed by atoms with Gasteiger partial charge in [-0.2, -0.15) is 0 Å². The molecule has 3 aliphatic rings. The van der Waals surface area contributed by atoms with Gasteiger partial charge in [0, 0.05) is 71.3 Å². The maximum absolute atomic E-state index is 12.5. The van der Waals surface area contributed by atoms with E-state index in [1.54, 1.807) is 84.9 Å². The number of fused-ring (bicyclic) bond motifs is 3. The van der Waals surface area contributed by atoms with Crippen molar-refractivity contribution in [3.05, 3.63) is 222 Å². The van der Waals surface area contributed by atoms with Crippen LogP contribution in [-0.4, -0.2) is 112 Å². The molecule has 14 rings (SSSR count). The van der Waals surface area contributed by atoms with E-state index in [0.717, 1.165) is 91.7 Å². The third kappa shape index (κ3) is 18.9. The highest BCUT2D eigenvalue weighted by Crippen LogP contribution is 2.41. The number of hydrogen-bond donors (Lipinski definition) is 4. The van der Waals surface area contributed by atoms with Crippen molar-refractivity contribution in [2.75, 3.05) is 53.7 Å². The third-order valence-electron chi connectivity index (χ3n) is 16.6. The topological polar surface area (TPSA) is 321 Å². The number of sulfone groups is 3. The van der Waals surface area contributed by atoms with Gasteiger partial charge in [-0.25, -0.2) is 45.2 Å². The molecule has 0 aliphatic carbocycles. The van der Waals surface area contributed by atoms with Gasteiger partial charge in [0.25, 0.3) is 17.5 Å². The zero-order chi connectivity index (χ0) is 75.8. The van der Waals surface area contributed by atoms with Crippen molar-refractivity contribution >= 4 is 167 Å². The summed E-state index contributed by atoms with van der Waals surface area (Å²) < 4.78 is 89.9. The molecule has 2 atom stereocenters. The maximum Gasteiger partial charge on any atom is 0.271 e. The third-order valence-corrected chi connectivity index (χ3v) is 21.0. The molecular weight excluding hydrogens is 1490 g/mol. The van der Waals surface area contributed by atoms with Gasteiger partial charge in [-0.05, 0) is 156 Å². The number of nitrogen functional groups attached to an aromatic ring is 1. The second-order valence-corrected chi connectivity index (χ2v) is 32.5. The van der Waals surface area contributed by atoms with Crippen LogP contribution < -0.4 is 21.7 Å². The summed E-state index contributed by atoms with van der Waals surface area (Å²) in [4.78, 5) is 50.8. The molecule has 0 spiro atoms. The van der Waals surface area contributed by atoms with Crippen LogP contribution in [0.25, 0.3) is 36.9 Å². The molecule has 2 saturated heterocycles. The molecule has 2 fully saturated rings. The average Bonchev–Trinajstić information content (AvgIpc) is 1.60. The molecule has 544 valence electrons. The van der Waals surface area contributed by atoms with Crippen molar-refractivity contribution in [2.45, 2.75) is 106 Å². The highest BCUT2D eigenvalue weighted by Gasteiger charge is 2.28. The van der Waals surface area contributed by atoms with Gasteiger partial charge in [0.1, 0.15) is 57.4 Å². The first-order valence-electron chi connectivity index (χ1n) is 32.8. The molecule has 33 heteroatoms. The molecule has 2 unspecified atom stereocenters. The Morgan fingerprint density at radius 3 is 1.32 bits per heavy atom. The lowest BCUT2D eigenvalue weighted by Crippen LogP contribution is -2.19. The fourth-order valence-electron chi connectivity index (χ4n) is 12.0. The van der Waals surface area contributed by atoms with Crippen LogP contribution in [0.15, 0.2) is 147 Å². The normalized spacial score (nSPS) is 14.8. The highest BCUT2D eigenvalue weighted by atomic mass is 35.5. The molecule has 0 radical (unpaired) electrons. The first kappa shape index (κ1) is 76.9. The fourth-order valence-corrected chi connectivity index (χ4v) is 15.5. The van der Waals surface area contributed by atoms with Crippen LogP contribution in [0.1, 0.15) is 98.0 Å². The Morgan fingerprint density at radius 2 is 0.896 bits per heavy atom. The fraction of sp³-hybridized carbons (Fsp3) is 0.260. The lowest BCUT2D eigenvalue weighted by molar-refractivity contribution is -0.0310. The van der Waals surface area contributed by atoms with E-state index in [1.807, 2.05) is 54.2 Å². The van der Waals surface area contributed by atoms with Crippen LogP contribution in [0.5, 0.6) is 0 Å². The second kappa shape index (κ2) is 33.1. The van der Waals surface area contributed by atoms with Crippen LogP contribution in [0.4, 0.5) is 63.1 Å². The molecule has 0 amide bonds. The summed E-state index contributed by atoms with van der Waals surface area (Å²) in [7, 11) is -10.6. The molecule has 26 nitrogen and oxygen atoms in total. The number of benzene rings is 3. The summed E-state index contributed by atoms with van der Waals surface area (Å²) >= 11 is 24.4. The van der Waals surface area contributed by atoms with E-state index in [4.69, 9.17) is 96.3 Å². The van der Waals surface area contributed by atoms with Crippen molar-refractivity contribution < 1.29 is 34.7 Å². The predicted octanol–water partition coefficient (Wildman–Crippen LogP) is 17.0. The molecule has 8 aromatic heterocycles. The molecule has 5 N–H and O–H groups in total. The van der Waals surface area contributed by atoms with Crippen molar-refractivity contribution in [1.82, 2.24) is 49.0 Å². The van der Waals surface area contributed by atoms with Crippen LogP contribution >= 0.6 is 46.4 Å². The molecule has 3 aromatic carbocycles. The van der Waals surface area contributed by atoms with Gasteiger partial charge in [-0.3, -0.25) is 19.1 Å². The second-order valence-electron chi connectivity index (χ2n) is 24.9. The Balaban J connectivity index is 0.000000150. The van der Waals surface area contributed by atoms with Crippen molar-refractivity contribution in [2.24, 2.45) is 4.99 Å². The first-order chi connectivity index (χ1) is 50.5. The Morgan fingerprint density at radius 1 is 0.481 bits per heavy atom. The van der Waals surface area contributed by atoms with E-state index in [-0.39, 0.29) is 32.3 Å². The van der Waals surface area contributed by atoms with Gasteiger partial charge >= 0.3 is 0 Å². The minimum absolute atomic E-state index is 0.0877. The molecule has 0 saturated carbocycles. The first-order valence-corrected chi connectivity index (χ1v) is 40.0. The predicted molar refractivity (Wildman–Crippen MR) is 413 cm³/mol. The van der Waals surface area contributed by atoms with Crippen LogP contribution in [0, 0.1) is 33.6 Å². The van der Waals surface area contributed by atoms with E-state index in [0.29, 0.717) is 144 Å². The number of aliphatic imine (C=N–C) groups is 1. The van der Waals surface area contributed by atoms with Crippen LogP contribution in [0.3, 0.4) is 0 Å². The summed E-state index contributed by atoms with van der Waals surface area (Å²) in [6, 6.07) is 34.9. The summed E-state index contributed by atoms with van der Waals surface area (Å²) in [6.07, 6.45) is 10.4. The number of halogens is 4. The van der Waals surface area contributed by atoms with E-state index in [9.17, 15) is 25.3 Å². The van der Waals surface area contributed by atoms with Crippen molar-refractivity contribution in [3.8, 4) is 0 Å².